The molecule has 2 aromatic heterocycles. The van der Waals surface area contributed by atoms with Crippen molar-refractivity contribution in [1.29, 1.82) is 0 Å². The van der Waals surface area contributed by atoms with Crippen molar-refractivity contribution in [2.45, 2.75) is 6.92 Å². The van der Waals surface area contributed by atoms with Crippen LogP contribution in [-0.4, -0.2) is 33.2 Å². The van der Waals surface area contributed by atoms with Crippen molar-refractivity contribution < 1.29 is 0 Å². The highest BCUT2D eigenvalue weighted by atomic mass is 15.1. The topological polar surface area (TPSA) is 93.4 Å². The number of amidine groups is 3. The molecule has 0 aliphatic carbocycles. The summed E-state index contributed by atoms with van der Waals surface area (Å²) in [4.78, 5) is 32.2. The highest BCUT2D eigenvalue weighted by Crippen LogP contribution is 2.36. The normalized spacial score (nSPS) is 15.0. The standard InChI is InChI=1S/C35H21N7/c1-19-18-28-20-10-2-4-12-22(20)30(36-28)38-32-24-14-6-8-16-26(24)34(40-32)42-35-27-17-9-7-15-25(27)33(41-35)39-31-23-13-5-3-11-21(23)29(19)37-31/h2-17,41H,1H3,(H,36,38,40,42). The van der Waals surface area contributed by atoms with Crippen LogP contribution in [0.1, 0.15) is 29.2 Å². The Bertz CT molecular complexity index is 2460. The molecular formula is C35H21N7. The molecule has 0 atom stereocenters. The van der Waals surface area contributed by atoms with E-state index in [4.69, 9.17) is 25.0 Å². The van der Waals surface area contributed by atoms with Gasteiger partial charge in [0.1, 0.15) is 17.1 Å². The molecule has 42 heavy (non-hydrogen) atoms. The van der Waals surface area contributed by atoms with Crippen LogP contribution in [0.5, 0.6) is 0 Å². The molecule has 8 bridgehead atoms. The molecule has 0 fully saturated rings. The molecule has 0 spiro atoms. The van der Waals surface area contributed by atoms with Gasteiger partial charge in [0.15, 0.2) is 17.5 Å². The van der Waals surface area contributed by atoms with Crippen molar-refractivity contribution in [3.05, 3.63) is 136 Å². The van der Waals surface area contributed by atoms with Gasteiger partial charge in [-0.15, -0.1) is 0 Å². The van der Waals surface area contributed by atoms with E-state index in [0.717, 1.165) is 65.9 Å². The maximum absolute atomic E-state index is 5.07. The largest absolute Gasteiger partial charge is 0.333 e. The number of H-pyrrole nitrogens is 2. The molecule has 0 amide bonds. The Balaban J connectivity index is 1.44. The van der Waals surface area contributed by atoms with E-state index in [0.29, 0.717) is 29.1 Å². The second-order valence-corrected chi connectivity index (χ2v) is 10.5. The SMILES string of the molecule is CC1=C=c2[nH]c(c3ccccc23)=NC2=NC(=Nc3[nH]c(c4ccccc34)N=C3N=C1c1ccccc13)c1ccccc12. The van der Waals surface area contributed by atoms with Gasteiger partial charge in [-0.1, -0.05) is 103 Å². The zero-order chi connectivity index (χ0) is 27.8. The Morgan fingerprint density at radius 2 is 0.976 bits per heavy atom. The average Bonchev–Trinajstić information content (AvgIpc) is 3.76. The van der Waals surface area contributed by atoms with Crippen molar-refractivity contribution in [2.75, 3.05) is 0 Å². The highest BCUT2D eigenvalue weighted by molar-refractivity contribution is 6.29. The summed E-state index contributed by atoms with van der Waals surface area (Å²) in [6, 6.07) is 32.6. The maximum atomic E-state index is 5.07. The lowest BCUT2D eigenvalue weighted by Gasteiger charge is -2.00. The number of rotatable bonds is 0. The van der Waals surface area contributed by atoms with Crippen LogP contribution in [-0.2, 0) is 0 Å². The van der Waals surface area contributed by atoms with Gasteiger partial charge in [-0.25, -0.2) is 25.0 Å². The predicted octanol–water partition coefficient (Wildman–Crippen LogP) is 6.03. The zero-order valence-corrected chi connectivity index (χ0v) is 22.5. The van der Waals surface area contributed by atoms with Crippen molar-refractivity contribution in [1.82, 2.24) is 9.97 Å². The van der Waals surface area contributed by atoms with Crippen LogP contribution >= 0.6 is 0 Å². The first-order valence-corrected chi connectivity index (χ1v) is 13.8. The fourth-order valence-corrected chi connectivity index (χ4v) is 5.98. The molecule has 7 heteroatoms. The van der Waals surface area contributed by atoms with Gasteiger partial charge >= 0.3 is 0 Å². The molecule has 3 aliphatic heterocycles. The van der Waals surface area contributed by atoms with Crippen LogP contribution in [0.15, 0.2) is 128 Å². The number of hydrogen-bond acceptors (Lipinski definition) is 5. The van der Waals surface area contributed by atoms with Crippen LogP contribution in [0.3, 0.4) is 0 Å². The minimum atomic E-state index is 0.602. The van der Waals surface area contributed by atoms with Gasteiger partial charge in [0.2, 0.25) is 0 Å². The van der Waals surface area contributed by atoms with Crippen molar-refractivity contribution in [3.8, 4) is 0 Å². The number of nitrogens with zero attached hydrogens (tertiary/aromatic N) is 5. The number of hydrogen-bond donors (Lipinski definition) is 2. The van der Waals surface area contributed by atoms with Crippen LogP contribution in [0.2, 0.25) is 0 Å². The lowest BCUT2D eigenvalue weighted by atomic mass is 10.0. The van der Waals surface area contributed by atoms with E-state index < -0.39 is 0 Å². The number of fused-ring (bicyclic) bond motifs is 18. The summed E-state index contributed by atoms with van der Waals surface area (Å²) < 4.78 is 0. The van der Waals surface area contributed by atoms with Gasteiger partial charge in [0.05, 0.1) is 11.1 Å². The number of aliphatic imine (C=N–C) groups is 4. The molecule has 196 valence electrons. The summed E-state index contributed by atoms with van der Waals surface area (Å²) in [6.07, 6.45) is 0. The van der Waals surface area contributed by atoms with E-state index in [-0.39, 0.29) is 0 Å². The Kier molecular flexibility index (Phi) is 4.65. The first kappa shape index (κ1) is 22.9. The number of nitrogens with one attached hydrogen (secondary N) is 2. The van der Waals surface area contributed by atoms with Crippen LogP contribution in [0.25, 0.3) is 27.3 Å². The highest BCUT2D eigenvalue weighted by Gasteiger charge is 2.25. The first-order valence-electron chi connectivity index (χ1n) is 13.8. The van der Waals surface area contributed by atoms with E-state index in [1.807, 2.05) is 67.6 Å². The number of benzene rings is 4. The lowest BCUT2D eigenvalue weighted by molar-refractivity contribution is 1.20. The first-order chi connectivity index (χ1) is 20.7. The van der Waals surface area contributed by atoms with E-state index in [1.165, 1.54) is 0 Å². The molecule has 7 nitrogen and oxygen atoms in total. The van der Waals surface area contributed by atoms with E-state index in [9.17, 15) is 0 Å². The quantitative estimate of drug-likeness (QED) is 0.236. The fourth-order valence-electron chi connectivity index (χ4n) is 5.98. The molecule has 2 N–H and O–H groups in total. The predicted molar refractivity (Wildman–Crippen MR) is 168 cm³/mol. The number of aromatic amines is 2. The van der Waals surface area contributed by atoms with Crippen LogP contribution in [0, 0.1) is 0 Å². The molecular weight excluding hydrogens is 518 g/mol. The second-order valence-electron chi connectivity index (χ2n) is 10.5. The van der Waals surface area contributed by atoms with Crippen LogP contribution < -0.4 is 10.8 Å². The third-order valence-corrected chi connectivity index (χ3v) is 7.95. The van der Waals surface area contributed by atoms with E-state index in [1.54, 1.807) is 0 Å². The number of aromatic nitrogens is 2. The molecule has 0 radical (unpaired) electrons. The van der Waals surface area contributed by atoms with Gasteiger partial charge in [0.25, 0.3) is 0 Å². The van der Waals surface area contributed by atoms with Crippen molar-refractivity contribution in [3.63, 3.8) is 0 Å². The monoisotopic (exact) mass is 539 g/mol. The fraction of sp³-hybridized carbons (Fsp3) is 0.0286. The summed E-state index contributed by atoms with van der Waals surface area (Å²) in [5, 5.41) is 4.80. The van der Waals surface area contributed by atoms with Gasteiger partial charge in [0, 0.05) is 49.4 Å². The molecule has 0 saturated heterocycles. The smallest absolute Gasteiger partial charge is 0.164 e. The van der Waals surface area contributed by atoms with Crippen molar-refractivity contribution >= 4 is 62.1 Å². The Morgan fingerprint density at radius 3 is 1.64 bits per heavy atom. The molecule has 5 heterocycles. The molecule has 9 rings (SSSR count). The Labute approximate surface area is 239 Å². The summed E-state index contributed by atoms with van der Waals surface area (Å²) in [5.74, 6) is 3.26. The molecule has 0 saturated carbocycles. The average molecular weight is 540 g/mol. The summed E-state index contributed by atoms with van der Waals surface area (Å²) in [7, 11) is 0. The Morgan fingerprint density at radius 1 is 0.476 bits per heavy atom. The van der Waals surface area contributed by atoms with Gasteiger partial charge < -0.3 is 9.97 Å². The third kappa shape index (κ3) is 3.32. The van der Waals surface area contributed by atoms with E-state index in [2.05, 4.69) is 52.1 Å². The summed E-state index contributed by atoms with van der Waals surface area (Å²) >= 11 is 0. The maximum Gasteiger partial charge on any atom is 0.164 e. The van der Waals surface area contributed by atoms with Gasteiger partial charge in [-0.05, 0) is 6.92 Å². The van der Waals surface area contributed by atoms with Crippen molar-refractivity contribution in [2.24, 2.45) is 25.0 Å². The van der Waals surface area contributed by atoms with Gasteiger partial charge in [-0.3, -0.25) is 0 Å². The minimum Gasteiger partial charge on any atom is -0.333 e. The molecule has 4 aromatic carbocycles. The molecule has 3 aliphatic rings. The van der Waals surface area contributed by atoms with E-state index >= 15 is 0 Å². The summed E-state index contributed by atoms with van der Waals surface area (Å²) in [6.45, 7) is 2.04. The van der Waals surface area contributed by atoms with Crippen LogP contribution in [0.4, 0.5) is 11.6 Å². The number of allylic oxidation sites excluding steroid dienone is 1. The minimum absolute atomic E-state index is 0.602. The molecule has 6 aromatic rings. The lowest BCUT2D eigenvalue weighted by Crippen LogP contribution is -2.13. The second kappa shape index (κ2) is 8.54. The molecule has 0 unspecified atom stereocenters. The Hall–Kier alpha value is -5.91. The zero-order valence-electron chi connectivity index (χ0n) is 22.5. The third-order valence-electron chi connectivity index (χ3n) is 7.95. The van der Waals surface area contributed by atoms with Gasteiger partial charge in [-0.2, -0.15) is 0 Å². The summed E-state index contributed by atoms with van der Waals surface area (Å²) in [5.41, 5.74) is 9.96.